The Morgan fingerprint density at radius 2 is 1.88 bits per heavy atom. The Morgan fingerprint density at radius 1 is 1.06 bits per heavy atom. The molecule has 1 atom stereocenters. The number of fused-ring (bicyclic) bond motifs is 1. The Hall–Kier alpha value is -4.04. The van der Waals surface area contributed by atoms with E-state index in [1.807, 2.05) is 60.7 Å². The van der Waals surface area contributed by atoms with Gasteiger partial charge in [0, 0.05) is 11.8 Å². The molecule has 0 spiro atoms. The molecule has 4 rings (SSSR count). The summed E-state index contributed by atoms with van der Waals surface area (Å²) in [5.41, 5.74) is 4.00. The molecule has 32 heavy (non-hydrogen) atoms. The molecule has 0 aliphatic heterocycles. The highest BCUT2D eigenvalue weighted by Gasteiger charge is 2.24. The minimum Gasteiger partial charge on any atom is -0.497 e. The van der Waals surface area contributed by atoms with Crippen LogP contribution < -0.4 is 4.74 Å². The van der Waals surface area contributed by atoms with Crippen LogP contribution >= 0.6 is 0 Å². The molecule has 1 aromatic heterocycles. The number of rotatable bonds is 8. The average molecular weight is 425 g/mol. The first-order chi connectivity index (χ1) is 15.6. The van der Waals surface area contributed by atoms with Crippen molar-refractivity contribution >= 4 is 16.9 Å². The number of benzene rings is 3. The third kappa shape index (κ3) is 4.65. The van der Waals surface area contributed by atoms with Crippen LogP contribution in [0.1, 0.15) is 33.9 Å². The van der Waals surface area contributed by atoms with Gasteiger partial charge >= 0.3 is 5.97 Å². The van der Waals surface area contributed by atoms with Crippen molar-refractivity contribution in [2.75, 3.05) is 7.11 Å². The molecule has 0 fully saturated rings. The standard InChI is InChI=1S/C27H23NO4/c1-31-22-10-8-20(9-11-23-15-21-13-19(17-28)7-12-26(21)32-23)24(16-22)25(27(29)30)14-18-5-3-2-4-6-18/h2-8,10,12-13,15-16,25H,9,11,14H2,1H3,(H,29,30). The first-order valence-electron chi connectivity index (χ1n) is 10.4. The predicted octanol–water partition coefficient (Wildman–Crippen LogP) is 5.51. The van der Waals surface area contributed by atoms with Crippen LogP contribution in [0.15, 0.2) is 77.2 Å². The monoisotopic (exact) mass is 425 g/mol. The number of nitriles is 1. The Labute approximate surface area is 186 Å². The van der Waals surface area contributed by atoms with Crippen LogP contribution in [0.2, 0.25) is 0 Å². The van der Waals surface area contributed by atoms with Crippen molar-refractivity contribution in [1.82, 2.24) is 0 Å². The summed E-state index contributed by atoms with van der Waals surface area (Å²) in [5, 5.41) is 20.0. The zero-order valence-electron chi connectivity index (χ0n) is 17.7. The van der Waals surface area contributed by atoms with Crippen LogP contribution in [0, 0.1) is 11.3 Å². The van der Waals surface area contributed by atoms with E-state index in [0.29, 0.717) is 30.6 Å². The topological polar surface area (TPSA) is 83.5 Å². The Balaban J connectivity index is 1.62. The van der Waals surface area contributed by atoms with Crippen LogP contribution in [0.25, 0.3) is 11.0 Å². The summed E-state index contributed by atoms with van der Waals surface area (Å²) in [5.74, 6) is -0.116. The van der Waals surface area contributed by atoms with Gasteiger partial charge in [0.1, 0.15) is 17.1 Å². The van der Waals surface area contributed by atoms with Crippen molar-refractivity contribution < 1.29 is 19.1 Å². The molecule has 5 heteroatoms. The van der Waals surface area contributed by atoms with Gasteiger partial charge in [-0.1, -0.05) is 36.4 Å². The number of ether oxygens (including phenoxy) is 1. The Morgan fingerprint density at radius 3 is 2.59 bits per heavy atom. The van der Waals surface area contributed by atoms with E-state index in [9.17, 15) is 9.90 Å². The number of carbonyl (C=O) groups is 1. The SMILES string of the molecule is COc1ccc(CCc2cc3cc(C#N)ccc3o2)c(C(Cc2ccccc2)C(=O)O)c1. The van der Waals surface area contributed by atoms with Gasteiger partial charge in [-0.05, 0) is 65.9 Å². The van der Waals surface area contributed by atoms with Crippen LogP contribution in [0.3, 0.4) is 0 Å². The van der Waals surface area contributed by atoms with Gasteiger partial charge in [-0.2, -0.15) is 5.26 Å². The highest BCUT2D eigenvalue weighted by Crippen LogP contribution is 2.30. The molecule has 0 saturated carbocycles. The molecule has 1 unspecified atom stereocenters. The Kier molecular flexibility index (Phi) is 6.23. The lowest BCUT2D eigenvalue weighted by Crippen LogP contribution is -2.17. The van der Waals surface area contributed by atoms with Crippen molar-refractivity contribution in [1.29, 1.82) is 5.26 Å². The summed E-state index contributed by atoms with van der Waals surface area (Å²) in [6.45, 7) is 0. The van der Waals surface area contributed by atoms with E-state index < -0.39 is 11.9 Å². The first kappa shape index (κ1) is 21.2. The van der Waals surface area contributed by atoms with E-state index in [1.165, 1.54) is 0 Å². The highest BCUT2D eigenvalue weighted by molar-refractivity contribution is 5.79. The van der Waals surface area contributed by atoms with Crippen LogP contribution in [-0.4, -0.2) is 18.2 Å². The number of aliphatic carboxylic acids is 1. The van der Waals surface area contributed by atoms with Crippen LogP contribution in [-0.2, 0) is 24.1 Å². The van der Waals surface area contributed by atoms with Gasteiger partial charge in [-0.15, -0.1) is 0 Å². The van der Waals surface area contributed by atoms with E-state index in [2.05, 4.69) is 6.07 Å². The van der Waals surface area contributed by atoms with Gasteiger partial charge in [-0.3, -0.25) is 4.79 Å². The Bertz CT molecular complexity index is 1280. The molecular formula is C27H23NO4. The molecule has 0 bridgehead atoms. The number of nitrogens with zero attached hydrogens (tertiary/aromatic N) is 1. The molecule has 0 amide bonds. The molecule has 1 N–H and O–H groups in total. The minimum atomic E-state index is -0.865. The van der Waals surface area contributed by atoms with Crippen LogP contribution in [0.5, 0.6) is 5.75 Å². The zero-order chi connectivity index (χ0) is 22.5. The lowest BCUT2D eigenvalue weighted by molar-refractivity contribution is -0.138. The van der Waals surface area contributed by atoms with Gasteiger partial charge in [0.05, 0.1) is 24.7 Å². The number of aryl methyl sites for hydroxylation is 2. The zero-order valence-corrected chi connectivity index (χ0v) is 17.7. The van der Waals surface area contributed by atoms with Crippen LogP contribution in [0.4, 0.5) is 0 Å². The van der Waals surface area contributed by atoms with E-state index >= 15 is 0 Å². The fraction of sp³-hybridized carbons (Fsp3) is 0.185. The van der Waals surface area contributed by atoms with E-state index in [4.69, 9.17) is 14.4 Å². The van der Waals surface area contributed by atoms with Gasteiger partial charge in [0.2, 0.25) is 0 Å². The summed E-state index contributed by atoms with van der Waals surface area (Å²) in [6, 6.07) is 24.7. The second-order valence-corrected chi connectivity index (χ2v) is 7.72. The molecule has 1 heterocycles. The average Bonchev–Trinajstić information content (AvgIpc) is 3.23. The van der Waals surface area contributed by atoms with Crippen molar-refractivity contribution in [3.63, 3.8) is 0 Å². The fourth-order valence-electron chi connectivity index (χ4n) is 3.98. The maximum atomic E-state index is 12.2. The molecule has 160 valence electrons. The lowest BCUT2D eigenvalue weighted by atomic mass is 9.87. The van der Waals surface area contributed by atoms with Gasteiger partial charge in [0.25, 0.3) is 0 Å². The summed E-state index contributed by atoms with van der Waals surface area (Å²) >= 11 is 0. The van der Waals surface area contributed by atoms with Crippen molar-refractivity contribution in [2.24, 2.45) is 0 Å². The summed E-state index contributed by atoms with van der Waals surface area (Å²) in [6.07, 6.45) is 1.65. The van der Waals surface area contributed by atoms with Crippen molar-refractivity contribution in [2.45, 2.75) is 25.2 Å². The van der Waals surface area contributed by atoms with Crippen molar-refractivity contribution in [3.05, 3.63) is 101 Å². The summed E-state index contributed by atoms with van der Waals surface area (Å²) in [7, 11) is 1.58. The number of carboxylic acids is 1. The first-order valence-corrected chi connectivity index (χ1v) is 10.4. The smallest absolute Gasteiger partial charge is 0.311 e. The number of hydrogen-bond acceptors (Lipinski definition) is 4. The molecule has 3 aromatic carbocycles. The van der Waals surface area contributed by atoms with Gasteiger partial charge < -0.3 is 14.3 Å². The highest BCUT2D eigenvalue weighted by atomic mass is 16.5. The van der Waals surface area contributed by atoms with Gasteiger partial charge in [0.15, 0.2) is 0 Å². The maximum absolute atomic E-state index is 12.2. The minimum absolute atomic E-state index is 0.401. The number of methoxy groups -OCH3 is 1. The second kappa shape index (κ2) is 9.40. The third-order valence-corrected chi connectivity index (χ3v) is 5.65. The fourth-order valence-corrected chi connectivity index (χ4v) is 3.98. The third-order valence-electron chi connectivity index (χ3n) is 5.65. The van der Waals surface area contributed by atoms with E-state index in [1.54, 1.807) is 19.2 Å². The molecular weight excluding hydrogens is 402 g/mol. The molecule has 0 aliphatic rings. The lowest BCUT2D eigenvalue weighted by Gasteiger charge is -2.18. The normalized spacial score (nSPS) is 11.8. The quantitative estimate of drug-likeness (QED) is 0.402. The number of hydrogen-bond donors (Lipinski definition) is 1. The number of carboxylic acid groups (broad SMARTS) is 1. The second-order valence-electron chi connectivity index (χ2n) is 7.72. The molecule has 4 aromatic rings. The van der Waals surface area contributed by atoms with Gasteiger partial charge in [-0.25, -0.2) is 0 Å². The van der Waals surface area contributed by atoms with E-state index in [-0.39, 0.29) is 0 Å². The predicted molar refractivity (Wildman–Crippen MR) is 122 cm³/mol. The molecule has 0 saturated heterocycles. The van der Waals surface area contributed by atoms with Crippen molar-refractivity contribution in [3.8, 4) is 11.8 Å². The summed E-state index contributed by atoms with van der Waals surface area (Å²) < 4.78 is 11.3. The largest absolute Gasteiger partial charge is 0.497 e. The molecule has 0 aliphatic carbocycles. The number of furan rings is 1. The maximum Gasteiger partial charge on any atom is 0.311 e. The van der Waals surface area contributed by atoms with E-state index in [0.717, 1.165) is 33.4 Å². The molecule has 5 nitrogen and oxygen atoms in total. The summed E-state index contributed by atoms with van der Waals surface area (Å²) in [4.78, 5) is 12.2. The molecule has 0 radical (unpaired) electrons.